The fraction of sp³-hybridized carbons (Fsp3) is 0.143. The molecule has 0 radical (unpaired) electrons. The first kappa shape index (κ1) is 16.7. The molecule has 1 N–H and O–H groups in total. The summed E-state index contributed by atoms with van der Waals surface area (Å²) in [6.07, 6.45) is 0. The molecule has 0 spiro atoms. The van der Waals surface area contributed by atoms with E-state index in [-0.39, 0.29) is 5.78 Å². The molecule has 1 atom stereocenters. The molecule has 0 saturated heterocycles. The number of aromatic amines is 1. The second-order valence-corrected chi connectivity index (χ2v) is 6.45. The van der Waals surface area contributed by atoms with Gasteiger partial charge in [-0.2, -0.15) is 10.4 Å². The summed E-state index contributed by atoms with van der Waals surface area (Å²) in [7, 11) is 0. The minimum atomic E-state index is -0.975. The van der Waals surface area contributed by atoms with Crippen LogP contribution in [0, 0.1) is 25.2 Å². The average Bonchev–Trinajstić information content (AvgIpc) is 3.24. The average molecular weight is 355 g/mol. The molecular weight excluding hydrogens is 338 g/mol. The number of Topliss-reactive ketones (excluding diaryl/α,β-unsaturated/α-hetero) is 1. The summed E-state index contributed by atoms with van der Waals surface area (Å²) in [5, 5.41) is 14.0. The van der Waals surface area contributed by atoms with Gasteiger partial charge in [-0.25, -0.2) is 9.67 Å². The predicted molar refractivity (Wildman–Crippen MR) is 102 cm³/mol. The molecule has 2 heterocycles. The van der Waals surface area contributed by atoms with Gasteiger partial charge in [0.15, 0.2) is 11.7 Å². The first-order chi connectivity index (χ1) is 13.1. The van der Waals surface area contributed by atoms with Crippen molar-refractivity contribution in [2.75, 3.05) is 0 Å². The van der Waals surface area contributed by atoms with E-state index in [0.717, 1.165) is 28.1 Å². The Morgan fingerprint density at radius 3 is 2.52 bits per heavy atom. The van der Waals surface area contributed by atoms with Crippen LogP contribution in [-0.4, -0.2) is 25.5 Å². The van der Waals surface area contributed by atoms with Gasteiger partial charge in [-0.15, -0.1) is 0 Å². The fourth-order valence-electron chi connectivity index (χ4n) is 3.18. The lowest BCUT2D eigenvalue weighted by Crippen LogP contribution is -2.13. The number of aromatic nitrogens is 4. The number of para-hydroxylation sites is 2. The number of carbonyl (C=O) groups excluding carboxylic acids is 1. The summed E-state index contributed by atoms with van der Waals surface area (Å²) in [4.78, 5) is 20.3. The summed E-state index contributed by atoms with van der Waals surface area (Å²) in [5.74, 6) is -0.889. The number of carbonyl (C=O) groups is 1. The molecule has 1 unspecified atom stereocenters. The van der Waals surface area contributed by atoms with Gasteiger partial charge in [0.1, 0.15) is 5.82 Å². The highest BCUT2D eigenvalue weighted by molar-refractivity contribution is 6.02. The Morgan fingerprint density at radius 2 is 1.89 bits per heavy atom. The third kappa shape index (κ3) is 3.00. The lowest BCUT2D eigenvalue weighted by atomic mass is 9.98. The highest BCUT2D eigenvalue weighted by Crippen LogP contribution is 2.22. The van der Waals surface area contributed by atoms with Gasteiger partial charge in [0.25, 0.3) is 0 Å². The summed E-state index contributed by atoms with van der Waals surface area (Å²) in [6.45, 7) is 3.92. The zero-order chi connectivity index (χ0) is 19.0. The molecular formula is C21H17N5O. The summed E-state index contributed by atoms with van der Waals surface area (Å²) >= 11 is 0. The number of hydrogen-bond donors (Lipinski definition) is 1. The Bertz CT molecular complexity index is 1140. The number of aryl methyl sites for hydroxylation is 2. The van der Waals surface area contributed by atoms with Crippen LogP contribution in [0.1, 0.15) is 33.5 Å². The predicted octanol–water partition coefficient (Wildman–Crippen LogP) is 3.86. The largest absolute Gasteiger partial charge is 0.340 e. The topological polar surface area (TPSA) is 87.4 Å². The van der Waals surface area contributed by atoms with Gasteiger partial charge >= 0.3 is 0 Å². The van der Waals surface area contributed by atoms with E-state index >= 15 is 0 Å². The normalized spacial score (nSPS) is 12.0. The molecule has 0 aliphatic carbocycles. The number of H-pyrrole nitrogens is 1. The van der Waals surface area contributed by atoms with Crippen molar-refractivity contribution in [3.63, 3.8) is 0 Å². The van der Waals surface area contributed by atoms with E-state index in [1.54, 1.807) is 12.1 Å². The first-order valence-electron chi connectivity index (χ1n) is 8.59. The van der Waals surface area contributed by atoms with Crippen LogP contribution < -0.4 is 0 Å². The third-order valence-electron chi connectivity index (χ3n) is 4.48. The SMILES string of the molecule is Cc1cc(C)n(-c2ccc(C(=O)C(C#N)c3nc4ccccc4[nH]3)cc2)n1. The number of imidazole rings is 1. The van der Waals surface area contributed by atoms with E-state index in [9.17, 15) is 10.1 Å². The van der Waals surface area contributed by atoms with E-state index in [1.165, 1.54) is 0 Å². The van der Waals surface area contributed by atoms with E-state index < -0.39 is 5.92 Å². The monoisotopic (exact) mass is 355 g/mol. The summed E-state index contributed by atoms with van der Waals surface area (Å²) in [6, 6.07) is 18.6. The molecule has 2 aromatic heterocycles. The number of fused-ring (bicyclic) bond motifs is 1. The highest BCUT2D eigenvalue weighted by Gasteiger charge is 2.25. The molecule has 2 aromatic carbocycles. The third-order valence-corrected chi connectivity index (χ3v) is 4.48. The van der Waals surface area contributed by atoms with Crippen molar-refractivity contribution in [1.82, 2.24) is 19.7 Å². The van der Waals surface area contributed by atoms with E-state index in [0.29, 0.717) is 11.4 Å². The molecule has 6 heteroatoms. The van der Waals surface area contributed by atoms with Gasteiger partial charge in [-0.1, -0.05) is 12.1 Å². The van der Waals surface area contributed by atoms with Crippen LogP contribution in [0.5, 0.6) is 0 Å². The van der Waals surface area contributed by atoms with Gasteiger partial charge in [-0.3, -0.25) is 4.79 Å². The quantitative estimate of drug-likeness (QED) is 0.563. The molecule has 0 amide bonds. The maximum Gasteiger partial charge on any atom is 0.187 e. The van der Waals surface area contributed by atoms with Crippen molar-refractivity contribution in [1.29, 1.82) is 5.26 Å². The molecule has 0 saturated carbocycles. The summed E-state index contributed by atoms with van der Waals surface area (Å²) < 4.78 is 1.82. The molecule has 27 heavy (non-hydrogen) atoms. The molecule has 4 aromatic rings. The van der Waals surface area contributed by atoms with E-state index in [2.05, 4.69) is 21.1 Å². The van der Waals surface area contributed by atoms with Crippen LogP contribution >= 0.6 is 0 Å². The minimum Gasteiger partial charge on any atom is -0.340 e. The zero-order valence-electron chi connectivity index (χ0n) is 15.0. The number of benzene rings is 2. The van der Waals surface area contributed by atoms with Crippen molar-refractivity contribution >= 4 is 16.8 Å². The van der Waals surface area contributed by atoms with Crippen LogP contribution in [0.25, 0.3) is 16.7 Å². The number of nitriles is 1. The van der Waals surface area contributed by atoms with Crippen LogP contribution in [0.15, 0.2) is 54.6 Å². The standard InChI is InChI=1S/C21H17N5O/c1-13-11-14(2)26(25-13)16-9-7-15(8-10-16)20(27)17(12-22)21-23-18-5-3-4-6-19(18)24-21/h3-11,17H,1-2H3,(H,23,24). The molecule has 0 fully saturated rings. The molecule has 6 nitrogen and oxygen atoms in total. The number of rotatable bonds is 4. The fourth-order valence-corrected chi connectivity index (χ4v) is 3.18. The van der Waals surface area contributed by atoms with Crippen LogP contribution in [0.3, 0.4) is 0 Å². The zero-order valence-corrected chi connectivity index (χ0v) is 15.0. The van der Waals surface area contributed by atoms with Gasteiger partial charge in [0, 0.05) is 11.3 Å². The molecule has 4 rings (SSSR count). The van der Waals surface area contributed by atoms with Crippen molar-refractivity contribution in [2.24, 2.45) is 0 Å². The maximum absolute atomic E-state index is 12.9. The Morgan fingerprint density at radius 1 is 1.15 bits per heavy atom. The van der Waals surface area contributed by atoms with Crippen LogP contribution in [0.2, 0.25) is 0 Å². The van der Waals surface area contributed by atoms with Crippen molar-refractivity contribution in [3.05, 3.63) is 77.4 Å². The smallest absolute Gasteiger partial charge is 0.187 e. The van der Waals surface area contributed by atoms with E-state index in [1.807, 2.05) is 61.0 Å². The molecule has 0 aliphatic rings. The van der Waals surface area contributed by atoms with Gasteiger partial charge in [-0.05, 0) is 56.3 Å². The molecule has 0 aliphatic heterocycles. The van der Waals surface area contributed by atoms with Crippen molar-refractivity contribution in [2.45, 2.75) is 19.8 Å². The second-order valence-electron chi connectivity index (χ2n) is 6.45. The minimum absolute atomic E-state index is 0.281. The highest BCUT2D eigenvalue weighted by atomic mass is 16.1. The Kier molecular flexibility index (Phi) is 4.05. The van der Waals surface area contributed by atoms with Crippen molar-refractivity contribution in [3.8, 4) is 11.8 Å². The van der Waals surface area contributed by atoms with Gasteiger partial charge in [0.2, 0.25) is 0 Å². The van der Waals surface area contributed by atoms with Crippen molar-refractivity contribution < 1.29 is 4.79 Å². The van der Waals surface area contributed by atoms with Gasteiger partial charge < -0.3 is 4.98 Å². The number of nitrogens with zero attached hydrogens (tertiary/aromatic N) is 4. The Hall–Kier alpha value is -3.72. The van der Waals surface area contributed by atoms with Crippen LogP contribution in [-0.2, 0) is 0 Å². The van der Waals surface area contributed by atoms with Crippen LogP contribution in [0.4, 0.5) is 0 Å². The second kappa shape index (κ2) is 6.54. The molecule has 0 bridgehead atoms. The lowest BCUT2D eigenvalue weighted by molar-refractivity contribution is 0.0976. The summed E-state index contributed by atoms with van der Waals surface area (Å²) in [5.41, 5.74) is 4.83. The maximum atomic E-state index is 12.9. The lowest BCUT2D eigenvalue weighted by Gasteiger charge is -2.08. The number of ketones is 1. The molecule has 132 valence electrons. The van der Waals surface area contributed by atoms with Gasteiger partial charge in [0.05, 0.1) is 28.5 Å². The Balaban J connectivity index is 1.64. The number of hydrogen-bond acceptors (Lipinski definition) is 4. The Labute approximate surface area is 156 Å². The first-order valence-corrected chi connectivity index (χ1v) is 8.59. The number of nitrogens with one attached hydrogen (secondary N) is 1. The van der Waals surface area contributed by atoms with E-state index in [4.69, 9.17) is 0 Å².